The topological polar surface area (TPSA) is 45.1 Å². The molecule has 0 atom stereocenters. The van der Waals surface area contributed by atoms with Gasteiger partial charge < -0.3 is 10.4 Å². The number of halogens is 1. The standard InChI is InChI=1S/C10H13BrN2O/c11-9-2-1-3-10(13-9)12-6-7-4-8(14)5-7/h1-3,7-8,14H,4-6H2,(H,12,13). The second-order valence-electron chi connectivity index (χ2n) is 3.72. The first-order valence-electron chi connectivity index (χ1n) is 4.78. The third-order valence-corrected chi connectivity index (χ3v) is 2.94. The first-order chi connectivity index (χ1) is 6.74. The van der Waals surface area contributed by atoms with Crippen LogP contribution in [-0.2, 0) is 0 Å². The summed E-state index contributed by atoms with van der Waals surface area (Å²) in [6.07, 6.45) is 1.76. The average Bonchev–Trinajstić information content (AvgIpc) is 2.11. The quantitative estimate of drug-likeness (QED) is 0.814. The van der Waals surface area contributed by atoms with E-state index in [4.69, 9.17) is 5.11 Å². The van der Waals surface area contributed by atoms with E-state index in [0.717, 1.165) is 29.8 Å². The van der Waals surface area contributed by atoms with Crippen LogP contribution in [-0.4, -0.2) is 22.7 Å². The Kier molecular flexibility index (Phi) is 3.03. The maximum Gasteiger partial charge on any atom is 0.127 e. The van der Waals surface area contributed by atoms with Crippen molar-refractivity contribution in [1.29, 1.82) is 0 Å². The van der Waals surface area contributed by atoms with Crippen LogP contribution >= 0.6 is 15.9 Å². The number of hydrogen-bond acceptors (Lipinski definition) is 3. The molecule has 1 aliphatic rings. The van der Waals surface area contributed by atoms with Gasteiger partial charge in [-0.1, -0.05) is 6.07 Å². The number of anilines is 1. The maximum atomic E-state index is 9.11. The van der Waals surface area contributed by atoms with Gasteiger partial charge in [0.05, 0.1) is 6.10 Å². The Bertz CT molecular complexity index is 313. The van der Waals surface area contributed by atoms with Gasteiger partial charge in [-0.2, -0.15) is 0 Å². The van der Waals surface area contributed by atoms with Gasteiger partial charge in [0.15, 0.2) is 0 Å². The van der Waals surface area contributed by atoms with Crippen molar-refractivity contribution in [2.45, 2.75) is 18.9 Å². The van der Waals surface area contributed by atoms with Crippen molar-refractivity contribution in [2.24, 2.45) is 5.92 Å². The van der Waals surface area contributed by atoms with E-state index in [-0.39, 0.29) is 6.10 Å². The normalized spacial score (nSPS) is 25.6. The number of nitrogens with one attached hydrogen (secondary N) is 1. The number of hydrogen-bond donors (Lipinski definition) is 2. The van der Waals surface area contributed by atoms with E-state index in [0.29, 0.717) is 5.92 Å². The molecule has 1 aromatic rings. The van der Waals surface area contributed by atoms with Gasteiger partial charge in [-0.15, -0.1) is 0 Å². The molecule has 0 bridgehead atoms. The summed E-state index contributed by atoms with van der Waals surface area (Å²) >= 11 is 3.32. The minimum atomic E-state index is -0.0720. The molecule has 4 heteroatoms. The van der Waals surface area contributed by atoms with E-state index < -0.39 is 0 Å². The lowest BCUT2D eigenvalue weighted by Crippen LogP contribution is -2.33. The molecular weight excluding hydrogens is 244 g/mol. The first kappa shape index (κ1) is 9.93. The van der Waals surface area contributed by atoms with Gasteiger partial charge in [-0.3, -0.25) is 0 Å². The smallest absolute Gasteiger partial charge is 0.127 e. The molecule has 2 rings (SSSR count). The fourth-order valence-corrected chi connectivity index (χ4v) is 1.97. The highest BCUT2D eigenvalue weighted by Crippen LogP contribution is 2.27. The third kappa shape index (κ3) is 2.45. The highest BCUT2D eigenvalue weighted by molar-refractivity contribution is 9.10. The van der Waals surface area contributed by atoms with Crippen LogP contribution in [0.5, 0.6) is 0 Å². The van der Waals surface area contributed by atoms with Crippen LogP contribution in [0.3, 0.4) is 0 Å². The molecule has 0 amide bonds. The molecule has 1 fully saturated rings. The Labute approximate surface area is 91.7 Å². The molecule has 2 N–H and O–H groups in total. The maximum absolute atomic E-state index is 9.11. The predicted octanol–water partition coefficient (Wildman–Crippen LogP) is 2.03. The molecule has 1 aliphatic carbocycles. The number of aromatic nitrogens is 1. The summed E-state index contributed by atoms with van der Waals surface area (Å²) in [5.41, 5.74) is 0. The fourth-order valence-electron chi connectivity index (χ4n) is 1.62. The number of aliphatic hydroxyl groups is 1. The van der Waals surface area contributed by atoms with Gasteiger partial charge in [0.25, 0.3) is 0 Å². The highest BCUT2D eigenvalue weighted by Gasteiger charge is 2.26. The lowest BCUT2D eigenvalue weighted by Gasteiger charge is -2.31. The highest BCUT2D eigenvalue weighted by atomic mass is 79.9. The zero-order valence-electron chi connectivity index (χ0n) is 7.78. The molecule has 0 aromatic carbocycles. The van der Waals surface area contributed by atoms with Crippen LogP contribution in [0.4, 0.5) is 5.82 Å². The number of aliphatic hydroxyl groups excluding tert-OH is 1. The van der Waals surface area contributed by atoms with Crippen molar-refractivity contribution in [3.63, 3.8) is 0 Å². The summed E-state index contributed by atoms with van der Waals surface area (Å²) in [6.45, 7) is 0.903. The molecule has 1 saturated carbocycles. The van der Waals surface area contributed by atoms with Gasteiger partial charge >= 0.3 is 0 Å². The predicted molar refractivity (Wildman–Crippen MR) is 59.2 cm³/mol. The molecule has 0 radical (unpaired) electrons. The average molecular weight is 257 g/mol. The number of nitrogens with zero attached hydrogens (tertiary/aromatic N) is 1. The summed E-state index contributed by atoms with van der Waals surface area (Å²) in [5.74, 6) is 1.49. The molecule has 0 saturated heterocycles. The summed E-state index contributed by atoms with van der Waals surface area (Å²) in [5, 5.41) is 12.4. The molecule has 3 nitrogen and oxygen atoms in total. The van der Waals surface area contributed by atoms with Crippen molar-refractivity contribution in [1.82, 2.24) is 4.98 Å². The van der Waals surface area contributed by atoms with Crippen LogP contribution in [0, 0.1) is 5.92 Å². The van der Waals surface area contributed by atoms with Gasteiger partial charge in [0.1, 0.15) is 10.4 Å². The Balaban J connectivity index is 1.80. The second kappa shape index (κ2) is 4.28. The monoisotopic (exact) mass is 256 g/mol. The van der Waals surface area contributed by atoms with E-state index in [2.05, 4.69) is 26.2 Å². The Morgan fingerprint density at radius 3 is 2.93 bits per heavy atom. The molecule has 76 valence electrons. The second-order valence-corrected chi connectivity index (χ2v) is 4.53. The van der Waals surface area contributed by atoms with Crippen molar-refractivity contribution in [3.8, 4) is 0 Å². The van der Waals surface area contributed by atoms with Gasteiger partial charge in [-0.05, 0) is 46.8 Å². The minimum Gasteiger partial charge on any atom is -0.393 e. The van der Waals surface area contributed by atoms with Gasteiger partial charge in [0, 0.05) is 6.54 Å². The summed E-state index contributed by atoms with van der Waals surface area (Å²) in [4.78, 5) is 4.27. The minimum absolute atomic E-state index is 0.0720. The SMILES string of the molecule is OC1CC(CNc2cccc(Br)n2)C1. The van der Waals surface area contributed by atoms with Gasteiger partial charge in [-0.25, -0.2) is 4.98 Å². The van der Waals surface area contributed by atoms with Crippen LogP contribution in [0.25, 0.3) is 0 Å². The zero-order valence-corrected chi connectivity index (χ0v) is 9.37. The zero-order chi connectivity index (χ0) is 9.97. The Morgan fingerprint density at radius 1 is 1.50 bits per heavy atom. The fraction of sp³-hybridized carbons (Fsp3) is 0.500. The molecule has 0 aliphatic heterocycles. The summed E-state index contributed by atoms with van der Waals surface area (Å²) in [6, 6.07) is 5.80. The number of pyridine rings is 1. The van der Waals surface area contributed by atoms with Gasteiger partial charge in [0.2, 0.25) is 0 Å². The number of rotatable bonds is 3. The molecule has 1 aromatic heterocycles. The van der Waals surface area contributed by atoms with E-state index in [9.17, 15) is 0 Å². The van der Waals surface area contributed by atoms with Crippen LogP contribution in [0.2, 0.25) is 0 Å². The lowest BCUT2D eigenvalue weighted by molar-refractivity contribution is 0.0486. The van der Waals surface area contributed by atoms with Crippen molar-refractivity contribution >= 4 is 21.7 Å². The van der Waals surface area contributed by atoms with E-state index >= 15 is 0 Å². The van der Waals surface area contributed by atoms with Crippen LogP contribution < -0.4 is 5.32 Å². The molecule has 1 heterocycles. The summed E-state index contributed by atoms with van der Waals surface area (Å²) < 4.78 is 0.844. The van der Waals surface area contributed by atoms with Crippen molar-refractivity contribution in [2.75, 3.05) is 11.9 Å². The van der Waals surface area contributed by atoms with Crippen LogP contribution in [0.15, 0.2) is 22.8 Å². The third-order valence-electron chi connectivity index (χ3n) is 2.50. The van der Waals surface area contributed by atoms with E-state index in [1.165, 1.54) is 0 Å². The van der Waals surface area contributed by atoms with Crippen molar-refractivity contribution in [3.05, 3.63) is 22.8 Å². The van der Waals surface area contributed by atoms with E-state index in [1.54, 1.807) is 0 Å². The molecule has 0 spiro atoms. The van der Waals surface area contributed by atoms with Crippen molar-refractivity contribution < 1.29 is 5.11 Å². The molecular formula is C10H13BrN2O. The first-order valence-corrected chi connectivity index (χ1v) is 5.58. The van der Waals surface area contributed by atoms with E-state index in [1.807, 2.05) is 18.2 Å². The Morgan fingerprint density at radius 2 is 2.29 bits per heavy atom. The summed E-state index contributed by atoms with van der Waals surface area (Å²) in [7, 11) is 0. The van der Waals surface area contributed by atoms with Crippen LogP contribution in [0.1, 0.15) is 12.8 Å². The largest absolute Gasteiger partial charge is 0.393 e. The lowest BCUT2D eigenvalue weighted by atomic mass is 9.82. The molecule has 14 heavy (non-hydrogen) atoms. The molecule has 0 unspecified atom stereocenters. The Hall–Kier alpha value is -0.610.